The van der Waals surface area contributed by atoms with E-state index in [9.17, 15) is 39.9 Å². The fraction of sp³-hybridized carbons (Fsp3) is 0.348. The summed E-state index contributed by atoms with van der Waals surface area (Å²) in [6.45, 7) is 2.12. The van der Waals surface area contributed by atoms with Crippen LogP contribution in [0.4, 0.5) is 0 Å². The minimum Gasteiger partial charge on any atom is -0.508 e. The molecular formula is C23H22O11. The minimum atomic E-state index is -1.74. The van der Waals surface area contributed by atoms with Gasteiger partial charge in [0.2, 0.25) is 6.29 Å². The van der Waals surface area contributed by atoms with Gasteiger partial charge in [0.15, 0.2) is 11.6 Å². The Balaban J connectivity index is 1.69. The van der Waals surface area contributed by atoms with Gasteiger partial charge in [0.25, 0.3) is 0 Å². The second-order valence-electron chi connectivity index (χ2n) is 8.09. The molecule has 1 aliphatic carbocycles. The molecule has 0 bridgehead atoms. The maximum Gasteiger partial charge on any atom is 0.302 e. The van der Waals surface area contributed by atoms with Crippen molar-refractivity contribution in [3.8, 4) is 17.2 Å². The van der Waals surface area contributed by atoms with E-state index in [4.69, 9.17) is 14.2 Å². The minimum absolute atomic E-state index is 0.0233. The van der Waals surface area contributed by atoms with Crippen LogP contribution in [0, 0.1) is 6.92 Å². The fourth-order valence-electron chi connectivity index (χ4n) is 3.95. The zero-order chi connectivity index (χ0) is 24.9. The Kier molecular flexibility index (Phi) is 6.04. The molecule has 0 unspecified atom stereocenters. The van der Waals surface area contributed by atoms with Gasteiger partial charge in [0, 0.05) is 29.2 Å². The molecule has 1 heterocycles. The van der Waals surface area contributed by atoms with Gasteiger partial charge in [-0.05, 0) is 31.2 Å². The Morgan fingerprint density at radius 3 is 2.35 bits per heavy atom. The summed E-state index contributed by atoms with van der Waals surface area (Å²) >= 11 is 0. The van der Waals surface area contributed by atoms with Crippen LogP contribution in [0.5, 0.6) is 17.2 Å². The van der Waals surface area contributed by atoms with Crippen LogP contribution in [0.3, 0.4) is 0 Å². The molecule has 11 heteroatoms. The quantitative estimate of drug-likeness (QED) is 0.319. The predicted molar refractivity (Wildman–Crippen MR) is 112 cm³/mol. The molecule has 1 saturated heterocycles. The van der Waals surface area contributed by atoms with Gasteiger partial charge in [0.05, 0.1) is 5.56 Å². The summed E-state index contributed by atoms with van der Waals surface area (Å²) in [4.78, 5) is 37.1. The van der Waals surface area contributed by atoms with Crippen molar-refractivity contribution in [3.63, 3.8) is 0 Å². The molecule has 0 saturated carbocycles. The van der Waals surface area contributed by atoms with Crippen LogP contribution in [-0.4, -0.2) is 80.4 Å². The number of aliphatic hydroxyl groups is 3. The lowest BCUT2D eigenvalue weighted by Crippen LogP contribution is -2.60. The van der Waals surface area contributed by atoms with Gasteiger partial charge in [-0.15, -0.1) is 0 Å². The standard InChI is InChI=1S/C23H22O11/c1-8-14(33-23-22(31)21(30)20(29)15(34-23)7-32-9(2)24)6-13-16(17(8)26)19(28)11-4-3-10(25)5-12(11)18(13)27/h3-6,15,20-23,25-26,29-31H,7H2,1-2H3/t15-,20-,21+,22-,23-/m1/s1. The number of aliphatic hydroxyl groups excluding tert-OH is 3. The Morgan fingerprint density at radius 2 is 1.68 bits per heavy atom. The number of hydrogen-bond acceptors (Lipinski definition) is 11. The predicted octanol–water partition coefficient (Wildman–Crippen LogP) is -0.0689. The number of esters is 1. The van der Waals surface area contributed by atoms with Crippen LogP contribution in [0.2, 0.25) is 0 Å². The van der Waals surface area contributed by atoms with Crippen molar-refractivity contribution in [2.45, 2.75) is 44.6 Å². The van der Waals surface area contributed by atoms with E-state index < -0.39 is 60.6 Å². The highest BCUT2D eigenvalue weighted by molar-refractivity contribution is 6.29. The van der Waals surface area contributed by atoms with Crippen LogP contribution in [0.15, 0.2) is 24.3 Å². The highest BCUT2D eigenvalue weighted by atomic mass is 16.7. The van der Waals surface area contributed by atoms with Gasteiger partial charge in [-0.25, -0.2) is 0 Å². The number of ketones is 2. The zero-order valence-corrected chi connectivity index (χ0v) is 18.1. The number of carbonyl (C=O) groups is 3. The van der Waals surface area contributed by atoms with Crippen LogP contribution < -0.4 is 4.74 Å². The second-order valence-corrected chi connectivity index (χ2v) is 8.09. The van der Waals surface area contributed by atoms with E-state index in [1.165, 1.54) is 25.1 Å². The van der Waals surface area contributed by atoms with Crippen molar-refractivity contribution in [3.05, 3.63) is 52.1 Å². The van der Waals surface area contributed by atoms with Crippen molar-refractivity contribution in [1.82, 2.24) is 0 Å². The summed E-state index contributed by atoms with van der Waals surface area (Å²) in [6, 6.07) is 4.87. The monoisotopic (exact) mass is 474 g/mol. The number of hydrogen-bond donors (Lipinski definition) is 5. The lowest BCUT2D eigenvalue weighted by atomic mass is 9.82. The number of phenols is 2. The van der Waals surface area contributed by atoms with Crippen molar-refractivity contribution in [2.24, 2.45) is 0 Å². The van der Waals surface area contributed by atoms with Crippen molar-refractivity contribution < 1.29 is 54.1 Å². The highest BCUT2D eigenvalue weighted by Crippen LogP contribution is 2.41. The molecule has 5 atom stereocenters. The molecule has 11 nitrogen and oxygen atoms in total. The van der Waals surface area contributed by atoms with E-state index in [2.05, 4.69) is 0 Å². The number of rotatable bonds is 4. The normalized spacial score (nSPS) is 26.0. The molecule has 1 aliphatic heterocycles. The zero-order valence-electron chi connectivity index (χ0n) is 18.1. The van der Waals surface area contributed by atoms with Gasteiger partial charge in [-0.1, -0.05) is 0 Å². The Morgan fingerprint density at radius 1 is 0.971 bits per heavy atom. The first kappa shape index (κ1) is 23.6. The van der Waals surface area contributed by atoms with E-state index >= 15 is 0 Å². The Labute approximate surface area is 192 Å². The summed E-state index contributed by atoms with van der Waals surface area (Å²) in [6.07, 6.45) is -7.87. The molecule has 0 radical (unpaired) electrons. The molecular weight excluding hydrogens is 452 g/mol. The van der Waals surface area contributed by atoms with Crippen molar-refractivity contribution in [2.75, 3.05) is 6.61 Å². The van der Waals surface area contributed by atoms with Gasteiger partial charge in [0.1, 0.15) is 48.3 Å². The first-order chi connectivity index (χ1) is 16.0. The van der Waals surface area contributed by atoms with Crippen molar-refractivity contribution in [1.29, 1.82) is 0 Å². The second kappa shape index (κ2) is 8.69. The maximum atomic E-state index is 13.0. The third kappa shape index (κ3) is 3.88. The molecule has 1 fully saturated rings. The maximum absolute atomic E-state index is 13.0. The first-order valence-corrected chi connectivity index (χ1v) is 10.3. The van der Waals surface area contributed by atoms with Gasteiger partial charge in [-0.2, -0.15) is 0 Å². The van der Waals surface area contributed by atoms with E-state index in [1.807, 2.05) is 0 Å². The van der Waals surface area contributed by atoms with Crippen LogP contribution in [-0.2, 0) is 14.3 Å². The SMILES string of the molecule is CC(=O)OC[C@H]1O[C@@H](Oc2cc3c(c(O)c2C)C(=O)c2ccc(O)cc2C3=O)[C@H](O)[C@@H](O)[C@@H]1O. The first-order valence-electron chi connectivity index (χ1n) is 10.3. The van der Waals surface area contributed by atoms with Crippen LogP contribution in [0.1, 0.15) is 44.3 Å². The largest absolute Gasteiger partial charge is 0.508 e. The fourth-order valence-corrected chi connectivity index (χ4v) is 3.95. The van der Waals surface area contributed by atoms with Gasteiger partial charge in [-0.3, -0.25) is 14.4 Å². The highest BCUT2D eigenvalue weighted by Gasteiger charge is 2.46. The molecule has 2 aromatic carbocycles. The molecule has 5 N–H and O–H groups in total. The molecule has 2 aliphatic rings. The van der Waals surface area contributed by atoms with Crippen LogP contribution >= 0.6 is 0 Å². The van der Waals surface area contributed by atoms with E-state index in [0.717, 1.165) is 13.0 Å². The van der Waals surface area contributed by atoms with Gasteiger partial charge < -0.3 is 39.7 Å². The lowest BCUT2D eigenvalue weighted by Gasteiger charge is -2.40. The third-order valence-electron chi connectivity index (χ3n) is 5.83. The number of benzene rings is 2. The average Bonchev–Trinajstić information content (AvgIpc) is 2.79. The summed E-state index contributed by atoms with van der Waals surface area (Å²) < 4.78 is 15.9. The van der Waals surface area contributed by atoms with E-state index in [0.29, 0.717) is 0 Å². The average molecular weight is 474 g/mol. The van der Waals surface area contributed by atoms with Crippen molar-refractivity contribution >= 4 is 17.5 Å². The molecule has 0 amide bonds. The number of aromatic hydroxyl groups is 2. The number of fused-ring (bicyclic) bond motifs is 2. The number of phenolic OH excluding ortho intramolecular Hbond substituents is 2. The smallest absolute Gasteiger partial charge is 0.302 e. The molecule has 34 heavy (non-hydrogen) atoms. The third-order valence-corrected chi connectivity index (χ3v) is 5.83. The Hall–Kier alpha value is -3.51. The summed E-state index contributed by atoms with van der Waals surface area (Å²) in [5, 5.41) is 51.1. The van der Waals surface area contributed by atoms with E-state index in [-0.39, 0.29) is 39.3 Å². The molecule has 4 rings (SSSR count). The van der Waals surface area contributed by atoms with Crippen LogP contribution in [0.25, 0.3) is 0 Å². The summed E-state index contributed by atoms with van der Waals surface area (Å²) in [5.41, 5.74) is -0.407. The number of carbonyl (C=O) groups excluding carboxylic acids is 3. The summed E-state index contributed by atoms with van der Waals surface area (Å²) in [5.74, 6) is -2.80. The topological polar surface area (TPSA) is 180 Å². The van der Waals surface area contributed by atoms with Gasteiger partial charge >= 0.3 is 5.97 Å². The molecule has 180 valence electrons. The molecule has 0 aromatic heterocycles. The molecule has 0 spiro atoms. The lowest BCUT2D eigenvalue weighted by molar-refractivity contribution is -0.278. The number of ether oxygens (including phenoxy) is 3. The van der Waals surface area contributed by atoms with E-state index in [1.54, 1.807) is 0 Å². The molecule has 2 aromatic rings. The Bertz CT molecular complexity index is 1190. The summed E-state index contributed by atoms with van der Waals surface area (Å²) in [7, 11) is 0.